The molecule has 0 amide bonds. The van der Waals surface area contributed by atoms with E-state index in [1.54, 1.807) is 7.11 Å². The standard InChI is InChI=1S/C11H20ClN3O/c1-9-6-11(15(2)14-9)7-13-5-4-10(12)8-16-3/h6,10,13H,4-5,7-8H2,1-3H3. The first-order valence-corrected chi connectivity index (χ1v) is 5.90. The molecule has 1 aromatic heterocycles. The predicted molar refractivity (Wildman–Crippen MR) is 65.8 cm³/mol. The summed E-state index contributed by atoms with van der Waals surface area (Å²) < 4.78 is 6.87. The number of hydrogen-bond donors (Lipinski definition) is 1. The molecule has 0 bridgehead atoms. The summed E-state index contributed by atoms with van der Waals surface area (Å²) in [5, 5.41) is 7.72. The van der Waals surface area contributed by atoms with Gasteiger partial charge in [-0.05, 0) is 26.0 Å². The summed E-state index contributed by atoms with van der Waals surface area (Å²) in [6, 6.07) is 2.08. The van der Waals surface area contributed by atoms with E-state index in [1.165, 1.54) is 5.69 Å². The highest BCUT2D eigenvalue weighted by molar-refractivity contribution is 6.20. The Morgan fingerprint density at radius 2 is 2.38 bits per heavy atom. The molecule has 0 saturated heterocycles. The Bertz CT molecular complexity index is 314. The predicted octanol–water partition coefficient (Wildman–Crippen LogP) is 1.46. The summed E-state index contributed by atoms with van der Waals surface area (Å²) >= 11 is 6.02. The lowest BCUT2D eigenvalue weighted by Crippen LogP contribution is -2.21. The second-order valence-corrected chi connectivity index (χ2v) is 4.54. The van der Waals surface area contributed by atoms with Gasteiger partial charge in [0.2, 0.25) is 0 Å². The molecule has 0 spiro atoms. The maximum Gasteiger partial charge on any atom is 0.0626 e. The van der Waals surface area contributed by atoms with Gasteiger partial charge in [0.25, 0.3) is 0 Å². The van der Waals surface area contributed by atoms with Crippen LogP contribution in [-0.2, 0) is 18.3 Å². The lowest BCUT2D eigenvalue weighted by atomic mass is 10.3. The van der Waals surface area contributed by atoms with Crippen LogP contribution >= 0.6 is 11.6 Å². The van der Waals surface area contributed by atoms with E-state index in [-0.39, 0.29) is 5.38 Å². The van der Waals surface area contributed by atoms with Crippen LogP contribution in [-0.4, -0.2) is 35.4 Å². The number of nitrogens with zero attached hydrogens (tertiary/aromatic N) is 2. The fourth-order valence-electron chi connectivity index (χ4n) is 1.57. The summed E-state index contributed by atoms with van der Waals surface area (Å²) in [7, 11) is 3.63. The van der Waals surface area contributed by atoms with E-state index in [1.807, 2.05) is 18.7 Å². The van der Waals surface area contributed by atoms with Crippen molar-refractivity contribution in [3.8, 4) is 0 Å². The summed E-state index contributed by atoms with van der Waals surface area (Å²) in [4.78, 5) is 0. The van der Waals surface area contributed by atoms with Crippen molar-refractivity contribution >= 4 is 11.6 Å². The van der Waals surface area contributed by atoms with E-state index in [4.69, 9.17) is 16.3 Å². The van der Waals surface area contributed by atoms with Gasteiger partial charge >= 0.3 is 0 Å². The third-order valence-corrected chi connectivity index (χ3v) is 2.73. The highest BCUT2D eigenvalue weighted by Gasteiger charge is 2.04. The SMILES string of the molecule is COCC(Cl)CCNCc1cc(C)nn1C. The van der Waals surface area contributed by atoms with E-state index in [9.17, 15) is 0 Å². The number of hydrogen-bond acceptors (Lipinski definition) is 3. The van der Waals surface area contributed by atoms with Crippen LogP contribution in [0.5, 0.6) is 0 Å². The van der Waals surface area contributed by atoms with Crippen molar-refractivity contribution in [2.24, 2.45) is 7.05 Å². The third kappa shape index (κ3) is 4.51. The number of alkyl halides is 1. The van der Waals surface area contributed by atoms with Gasteiger partial charge in [0.15, 0.2) is 0 Å². The molecule has 4 nitrogen and oxygen atoms in total. The van der Waals surface area contributed by atoms with Gasteiger partial charge < -0.3 is 10.1 Å². The van der Waals surface area contributed by atoms with Gasteiger partial charge in [0, 0.05) is 20.7 Å². The Kier molecular flexibility index (Phi) is 5.80. The van der Waals surface area contributed by atoms with Gasteiger partial charge in [-0.15, -0.1) is 11.6 Å². The molecular formula is C11H20ClN3O. The van der Waals surface area contributed by atoms with Crippen molar-refractivity contribution < 1.29 is 4.74 Å². The van der Waals surface area contributed by atoms with Crippen molar-refractivity contribution in [3.63, 3.8) is 0 Å². The average Bonchev–Trinajstić information content (AvgIpc) is 2.53. The number of ether oxygens (including phenoxy) is 1. The molecule has 0 aliphatic rings. The summed E-state index contributed by atoms with van der Waals surface area (Å²) in [5.41, 5.74) is 2.24. The lowest BCUT2D eigenvalue weighted by molar-refractivity contribution is 0.195. The quantitative estimate of drug-likeness (QED) is 0.584. The number of halogens is 1. The Morgan fingerprint density at radius 1 is 1.62 bits per heavy atom. The number of nitrogens with one attached hydrogen (secondary N) is 1. The molecule has 92 valence electrons. The van der Waals surface area contributed by atoms with Gasteiger partial charge in [-0.1, -0.05) is 0 Å². The van der Waals surface area contributed by atoms with Gasteiger partial charge in [-0.25, -0.2) is 0 Å². The fraction of sp³-hybridized carbons (Fsp3) is 0.727. The highest BCUT2D eigenvalue weighted by Crippen LogP contribution is 2.03. The van der Waals surface area contributed by atoms with Crippen LogP contribution in [0.2, 0.25) is 0 Å². The van der Waals surface area contributed by atoms with Gasteiger partial charge in [0.1, 0.15) is 0 Å². The molecule has 16 heavy (non-hydrogen) atoms. The summed E-state index contributed by atoms with van der Waals surface area (Å²) in [6.45, 7) is 4.32. The second kappa shape index (κ2) is 6.89. The van der Waals surface area contributed by atoms with E-state index in [0.29, 0.717) is 6.61 Å². The van der Waals surface area contributed by atoms with Crippen LogP contribution in [0, 0.1) is 6.92 Å². The summed E-state index contributed by atoms with van der Waals surface area (Å²) in [5.74, 6) is 0. The first-order chi connectivity index (χ1) is 7.63. The minimum absolute atomic E-state index is 0.0887. The molecule has 0 aliphatic carbocycles. The van der Waals surface area contributed by atoms with Gasteiger partial charge in [0.05, 0.1) is 23.4 Å². The topological polar surface area (TPSA) is 39.1 Å². The van der Waals surface area contributed by atoms with Crippen LogP contribution in [0.25, 0.3) is 0 Å². The van der Waals surface area contributed by atoms with Crippen molar-refractivity contribution in [2.75, 3.05) is 20.3 Å². The maximum atomic E-state index is 6.02. The molecule has 0 aromatic carbocycles. The molecule has 1 unspecified atom stereocenters. The third-order valence-electron chi connectivity index (χ3n) is 2.39. The first kappa shape index (κ1) is 13.5. The molecule has 0 aliphatic heterocycles. The van der Waals surface area contributed by atoms with E-state index >= 15 is 0 Å². The zero-order valence-corrected chi connectivity index (χ0v) is 10.9. The zero-order chi connectivity index (χ0) is 12.0. The van der Waals surface area contributed by atoms with Crippen molar-refractivity contribution in [1.29, 1.82) is 0 Å². The van der Waals surface area contributed by atoms with Crippen molar-refractivity contribution in [3.05, 3.63) is 17.5 Å². The molecule has 0 fully saturated rings. The van der Waals surface area contributed by atoms with Gasteiger partial charge in [-0.2, -0.15) is 5.10 Å². The van der Waals surface area contributed by atoms with Crippen molar-refractivity contribution in [1.82, 2.24) is 15.1 Å². The molecule has 1 aromatic rings. The molecule has 0 radical (unpaired) electrons. The summed E-state index contributed by atoms with van der Waals surface area (Å²) in [6.07, 6.45) is 0.909. The monoisotopic (exact) mass is 245 g/mol. The average molecular weight is 246 g/mol. The van der Waals surface area contributed by atoms with Crippen LogP contribution in [0.4, 0.5) is 0 Å². The molecule has 1 rings (SSSR count). The van der Waals surface area contributed by atoms with Crippen LogP contribution in [0.3, 0.4) is 0 Å². The van der Waals surface area contributed by atoms with E-state index in [0.717, 1.165) is 25.2 Å². The van der Waals surface area contributed by atoms with E-state index in [2.05, 4.69) is 16.5 Å². The minimum Gasteiger partial charge on any atom is -0.383 e. The van der Waals surface area contributed by atoms with Crippen molar-refractivity contribution in [2.45, 2.75) is 25.3 Å². The van der Waals surface area contributed by atoms with Crippen LogP contribution < -0.4 is 5.32 Å². The lowest BCUT2D eigenvalue weighted by Gasteiger charge is -2.09. The number of aromatic nitrogens is 2. The molecule has 1 atom stereocenters. The fourth-order valence-corrected chi connectivity index (χ4v) is 1.80. The largest absolute Gasteiger partial charge is 0.383 e. The Labute approximate surface area is 102 Å². The first-order valence-electron chi connectivity index (χ1n) is 5.46. The van der Waals surface area contributed by atoms with Crippen LogP contribution in [0.1, 0.15) is 17.8 Å². The zero-order valence-electron chi connectivity index (χ0n) is 10.2. The Hall–Kier alpha value is -0.580. The van der Waals surface area contributed by atoms with E-state index < -0.39 is 0 Å². The molecule has 5 heteroatoms. The Morgan fingerprint density at radius 3 is 2.94 bits per heavy atom. The molecule has 1 N–H and O–H groups in total. The highest BCUT2D eigenvalue weighted by atomic mass is 35.5. The molecule has 0 saturated carbocycles. The minimum atomic E-state index is 0.0887. The van der Waals surface area contributed by atoms with Gasteiger partial charge in [-0.3, -0.25) is 4.68 Å². The second-order valence-electron chi connectivity index (χ2n) is 3.92. The maximum absolute atomic E-state index is 6.02. The van der Waals surface area contributed by atoms with Crippen LogP contribution in [0.15, 0.2) is 6.07 Å². The smallest absolute Gasteiger partial charge is 0.0626 e. The molecule has 1 heterocycles. The molecular weight excluding hydrogens is 226 g/mol. The number of rotatable bonds is 7. The number of aryl methyl sites for hydroxylation is 2. The Balaban J connectivity index is 2.18. The normalized spacial score (nSPS) is 13.0. The number of methoxy groups -OCH3 is 1.